The van der Waals surface area contributed by atoms with E-state index in [0.717, 1.165) is 0 Å². The number of nitrogens with zero attached hydrogens (tertiary/aromatic N) is 2. The van der Waals surface area contributed by atoms with Gasteiger partial charge in [-0.1, -0.05) is 0 Å². The zero-order valence-electron chi connectivity index (χ0n) is 4.46. The first kappa shape index (κ1) is 5.24. The summed E-state index contributed by atoms with van der Waals surface area (Å²) < 4.78 is 4.53. The second-order valence-electron chi connectivity index (χ2n) is 1.43. The number of aryl methyl sites for hydroxylation is 1. The lowest BCUT2D eigenvalue weighted by Crippen LogP contribution is -1.84. The molecule has 0 spiro atoms. The van der Waals surface area contributed by atoms with Gasteiger partial charge in [-0.3, -0.25) is 0 Å². The van der Waals surface area contributed by atoms with E-state index in [4.69, 9.17) is 5.11 Å². The summed E-state index contributed by atoms with van der Waals surface area (Å²) in [7, 11) is 0. The minimum atomic E-state index is -0.102. The lowest BCUT2D eigenvalue weighted by molar-refractivity contribution is 0.275. The van der Waals surface area contributed by atoms with Gasteiger partial charge in [-0.05, 0) is 6.92 Å². The number of hydrogen-bond donors (Lipinski definition) is 1. The van der Waals surface area contributed by atoms with Crippen LogP contribution in [0.15, 0.2) is 4.52 Å². The van der Waals surface area contributed by atoms with E-state index in [1.165, 1.54) is 0 Å². The summed E-state index contributed by atoms with van der Waals surface area (Å²) in [5.74, 6) is 0.576. The van der Waals surface area contributed by atoms with E-state index in [0.29, 0.717) is 11.5 Å². The molecule has 4 heteroatoms. The van der Waals surface area contributed by atoms with Gasteiger partial charge in [-0.25, -0.2) is 0 Å². The van der Waals surface area contributed by atoms with Gasteiger partial charge in [0.15, 0.2) is 5.76 Å². The molecule has 1 N–H and O–H groups in total. The predicted molar refractivity (Wildman–Crippen MR) is 25.0 cm³/mol. The van der Waals surface area contributed by atoms with Gasteiger partial charge in [0, 0.05) is 5.27 Å². The molecule has 1 aromatic heterocycles. The van der Waals surface area contributed by atoms with Crippen LogP contribution >= 0.6 is 0 Å². The SMILES string of the molecule is Cc1onnc1CO. The van der Waals surface area contributed by atoms with Crippen LogP contribution in [0.5, 0.6) is 0 Å². The lowest BCUT2D eigenvalue weighted by atomic mass is 10.4. The van der Waals surface area contributed by atoms with Crippen LogP contribution in [0.3, 0.4) is 0 Å². The molecule has 0 bridgehead atoms. The molecule has 1 aromatic rings. The first-order valence-corrected chi connectivity index (χ1v) is 2.23. The normalized spacial score (nSPS) is 9.75. The highest BCUT2D eigenvalue weighted by Gasteiger charge is 1.99. The van der Waals surface area contributed by atoms with E-state index < -0.39 is 0 Å². The van der Waals surface area contributed by atoms with Crippen LogP contribution in [0.25, 0.3) is 0 Å². The predicted octanol–water partition coefficient (Wildman–Crippen LogP) is -0.130. The van der Waals surface area contributed by atoms with E-state index in [9.17, 15) is 0 Å². The van der Waals surface area contributed by atoms with Crippen LogP contribution in [-0.4, -0.2) is 15.5 Å². The van der Waals surface area contributed by atoms with Crippen molar-refractivity contribution >= 4 is 0 Å². The van der Waals surface area contributed by atoms with E-state index >= 15 is 0 Å². The second kappa shape index (κ2) is 1.92. The summed E-state index contributed by atoms with van der Waals surface area (Å²) in [6.45, 7) is 1.60. The average molecular weight is 114 g/mol. The number of hydrogen-bond acceptors (Lipinski definition) is 4. The van der Waals surface area contributed by atoms with Gasteiger partial charge in [-0.15, -0.1) is 5.10 Å². The fourth-order valence-corrected chi connectivity index (χ4v) is 0.397. The molecule has 4 nitrogen and oxygen atoms in total. The van der Waals surface area contributed by atoms with Crippen molar-refractivity contribution in [3.05, 3.63) is 11.5 Å². The molecule has 0 atom stereocenters. The topological polar surface area (TPSA) is 59.2 Å². The Bertz CT molecular complexity index is 172. The molecule has 44 valence electrons. The first-order chi connectivity index (χ1) is 3.84. The number of aliphatic hydroxyl groups excluding tert-OH is 1. The van der Waals surface area contributed by atoms with E-state index in [1.54, 1.807) is 6.92 Å². The van der Waals surface area contributed by atoms with Gasteiger partial charge >= 0.3 is 0 Å². The molecule has 0 aliphatic heterocycles. The highest BCUT2D eigenvalue weighted by Crippen LogP contribution is 1.99. The van der Waals surface area contributed by atoms with Crippen molar-refractivity contribution < 1.29 is 9.63 Å². The standard InChI is InChI=1S/C4H6N2O2/c1-3-4(2-7)5-6-8-3/h7H,2H2,1H3. The van der Waals surface area contributed by atoms with Crippen molar-refractivity contribution in [2.75, 3.05) is 0 Å². The lowest BCUT2D eigenvalue weighted by Gasteiger charge is -1.80. The van der Waals surface area contributed by atoms with Crippen molar-refractivity contribution in [2.45, 2.75) is 13.5 Å². The fourth-order valence-electron chi connectivity index (χ4n) is 0.397. The third-order valence-corrected chi connectivity index (χ3v) is 0.895. The van der Waals surface area contributed by atoms with Crippen molar-refractivity contribution in [2.24, 2.45) is 0 Å². The third-order valence-electron chi connectivity index (χ3n) is 0.895. The molecule has 0 aliphatic carbocycles. The molecule has 8 heavy (non-hydrogen) atoms. The largest absolute Gasteiger partial charge is 0.390 e. The van der Waals surface area contributed by atoms with Gasteiger partial charge in [0.2, 0.25) is 0 Å². The Labute approximate surface area is 46.1 Å². The van der Waals surface area contributed by atoms with Crippen LogP contribution in [0, 0.1) is 6.92 Å². The van der Waals surface area contributed by atoms with Gasteiger partial charge in [0.1, 0.15) is 5.69 Å². The maximum Gasteiger partial charge on any atom is 0.159 e. The Kier molecular flexibility index (Phi) is 1.26. The smallest absolute Gasteiger partial charge is 0.159 e. The molecule has 0 fully saturated rings. The Hall–Kier alpha value is -0.900. The van der Waals surface area contributed by atoms with Gasteiger partial charge in [0.25, 0.3) is 0 Å². The molecule has 0 saturated carbocycles. The number of aliphatic hydroxyl groups is 1. The number of aromatic nitrogens is 2. The molecule has 1 rings (SSSR count). The van der Waals surface area contributed by atoms with Crippen molar-refractivity contribution in [3.63, 3.8) is 0 Å². The number of rotatable bonds is 1. The molecule has 0 aromatic carbocycles. The molecule has 0 aliphatic rings. The molecule has 1 heterocycles. The Morgan fingerprint density at radius 3 is 2.75 bits per heavy atom. The van der Waals surface area contributed by atoms with E-state index in [2.05, 4.69) is 14.9 Å². The van der Waals surface area contributed by atoms with Crippen LogP contribution in [0.2, 0.25) is 0 Å². The Balaban J connectivity index is 2.92. The summed E-state index contributed by atoms with van der Waals surface area (Å²) in [5.41, 5.74) is 0.505. The maximum absolute atomic E-state index is 8.44. The van der Waals surface area contributed by atoms with E-state index in [1.807, 2.05) is 0 Å². The Morgan fingerprint density at radius 1 is 1.75 bits per heavy atom. The average Bonchev–Trinajstić information content (AvgIpc) is 2.14. The minimum absolute atomic E-state index is 0.102. The molecular weight excluding hydrogens is 108 g/mol. The molecule has 0 unspecified atom stereocenters. The van der Waals surface area contributed by atoms with Crippen LogP contribution in [0.4, 0.5) is 0 Å². The van der Waals surface area contributed by atoms with Crippen LogP contribution in [0.1, 0.15) is 11.5 Å². The van der Waals surface area contributed by atoms with Gasteiger partial charge in [0.05, 0.1) is 6.61 Å². The zero-order valence-corrected chi connectivity index (χ0v) is 4.46. The van der Waals surface area contributed by atoms with Crippen molar-refractivity contribution in [3.8, 4) is 0 Å². The quantitative estimate of drug-likeness (QED) is 0.552. The van der Waals surface area contributed by atoms with Crippen molar-refractivity contribution in [1.82, 2.24) is 10.4 Å². The van der Waals surface area contributed by atoms with Crippen LogP contribution < -0.4 is 0 Å². The van der Waals surface area contributed by atoms with Crippen LogP contribution in [-0.2, 0) is 6.61 Å². The van der Waals surface area contributed by atoms with Crippen molar-refractivity contribution in [1.29, 1.82) is 0 Å². The summed E-state index contributed by atoms with van der Waals surface area (Å²) in [6, 6.07) is 0. The minimum Gasteiger partial charge on any atom is -0.390 e. The molecule has 0 radical (unpaired) electrons. The summed E-state index contributed by atoms with van der Waals surface area (Å²) in [5, 5.41) is 15.1. The van der Waals surface area contributed by atoms with E-state index in [-0.39, 0.29) is 6.61 Å². The summed E-state index contributed by atoms with van der Waals surface area (Å²) in [4.78, 5) is 0. The maximum atomic E-state index is 8.44. The van der Waals surface area contributed by atoms with Gasteiger partial charge in [-0.2, -0.15) is 0 Å². The molecule has 0 saturated heterocycles. The summed E-state index contributed by atoms with van der Waals surface area (Å²) in [6.07, 6.45) is 0. The fraction of sp³-hybridized carbons (Fsp3) is 0.500. The first-order valence-electron chi connectivity index (χ1n) is 2.23. The molecule has 0 amide bonds. The molecular formula is C4H6N2O2. The highest BCUT2D eigenvalue weighted by molar-refractivity contribution is 4.99. The third kappa shape index (κ3) is 0.696. The van der Waals surface area contributed by atoms with Gasteiger partial charge < -0.3 is 9.63 Å². The Morgan fingerprint density at radius 2 is 2.50 bits per heavy atom. The monoisotopic (exact) mass is 114 g/mol. The highest BCUT2D eigenvalue weighted by atomic mass is 16.5. The summed E-state index contributed by atoms with van der Waals surface area (Å²) >= 11 is 0. The zero-order chi connectivity index (χ0) is 5.98. The second-order valence-corrected chi connectivity index (χ2v) is 1.43.